The van der Waals surface area contributed by atoms with Crippen molar-refractivity contribution >= 4 is 19.7 Å². The molecule has 0 radical (unpaired) electrons. The third-order valence-electron chi connectivity index (χ3n) is 17.0. The molecule has 0 aliphatic carbocycles. The van der Waals surface area contributed by atoms with Gasteiger partial charge in [0.25, 0.3) is 7.82 Å². The molecule has 0 heterocycles. The van der Waals surface area contributed by atoms with E-state index in [4.69, 9.17) is 13.8 Å². The van der Waals surface area contributed by atoms with E-state index in [0.29, 0.717) is 17.4 Å². The molecule has 86 heavy (non-hydrogen) atoms. The first-order valence-corrected chi connectivity index (χ1v) is 38.9. The van der Waals surface area contributed by atoms with Crippen molar-refractivity contribution in [2.24, 2.45) is 0 Å². The lowest BCUT2D eigenvalue weighted by Gasteiger charge is -2.30. The number of phosphoric ester groups is 1. The van der Waals surface area contributed by atoms with Crippen molar-refractivity contribution in [1.29, 1.82) is 0 Å². The molecule has 9 nitrogen and oxygen atoms in total. The van der Waals surface area contributed by atoms with Gasteiger partial charge in [-0.2, -0.15) is 0 Å². The lowest BCUT2D eigenvalue weighted by molar-refractivity contribution is -0.870. The van der Waals surface area contributed by atoms with Gasteiger partial charge in [-0.15, -0.1) is 0 Å². The van der Waals surface area contributed by atoms with Gasteiger partial charge in [0.1, 0.15) is 19.3 Å². The lowest BCUT2D eigenvalue weighted by Crippen LogP contribution is -2.47. The molecule has 10 heteroatoms. The molecule has 0 aromatic rings. The summed E-state index contributed by atoms with van der Waals surface area (Å²) in [4.78, 5) is 40.2. The summed E-state index contributed by atoms with van der Waals surface area (Å²) in [5, 5.41) is 3.05. The highest BCUT2D eigenvalue weighted by Crippen LogP contribution is 2.38. The molecule has 1 N–H and O–H groups in total. The first-order chi connectivity index (χ1) is 41.9. The Balaban J connectivity index is 4.99. The second kappa shape index (κ2) is 65.9. The van der Waals surface area contributed by atoms with Gasteiger partial charge in [-0.25, -0.2) is 0 Å². The SMILES string of the molecule is CCCCC/C=C\C/C=C\C/C=C\CCCCCCCCCCCCC(=O)OC(/C=C/CCCCCCCCCCCC)C(COP(=O)([O-])OCC[N+](C)(C)C)NC(=O)CCCCCCCCCCCCCCCCCCCCCCCCCCC. The molecule has 3 unspecified atom stereocenters. The average Bonchev–Trinajstić information content (AvgIpc) is 3.69. The van der Waals surface area contributed by atoms with Crippen LogP contribution in [0.15, 0.2) is 48.6 Å². The first-order valence-electron chi connectivity index (χ1n) is 37.4. The zero-order chi connectivity index (χ0) is 62.8. The lowest BCUT2D eigenvalue weighted by atomic mass is 10.0. The second-order valence-electron chi connectivity index (χ2n) is 26.8. The molecule has 0 saturated carbocycles. The Labute approximate surface area is 535 Å². The van der Waals surface area contributed by atoms with Crippen LogP contribution in [0.5, 0.6) is 0 Å². The summed E-state index contributed by atoms with van der Waals surface area (Å²) < 4.78 is 30.5. The van der Waals surface area contributed by atoms with E-state index in [1.165, 1.54) is 270 Å². The highest BCUT2D eigenvalue weighted by molar-refractivity contribution is 7.45. The van der Waals surface area contributed by atoms with E-state index in [9.17, 15) is 19.0 Å². The monoisotopic (exact) mass is 1230 g/mol. The Bertz CT molecular complexity index is 1610. The number of rotatable bonds is 69. The van der Waals surface area contributed by atoms with Crippen molar-refractivity contribution in [3.63, 3.8) is 0 Å². The third kappa shape index (κ3) is 66.4. The number of hydrogen-bond donors (Lipinski definition) is 1. The molecule has 1 amide bonds. The van der Waals surface area contributed by atoms with Gasteiger partial charge in [0.05, 0.1) is 33.8 Å². The zero-order valence-corrected chi connectivity index (χ0v) is 58.9. The molecule has 0 aliphatic heterocycles. The van der Waals surface area contributed by atoms with Crippen LogP contribution in [0.1, 0.15) is 374 Å². The second-order valence-corrected chi connectivity index (χ2v) is 28.2. The maximum Gasteiger partial charge on any atom is 0.306 e. The Morgan fingerprint density at radius 3 is 1.08 bits per heavy atom. The highest BCUT2D eigenvalue weighted by atomic mass is 31.2. The smallest absolute Gasteiger partial charge is 0.306 e. The van der Waals surface area contributed by atoms with Gasteiger partial charge in [0.15, 0.2) is 0 Å². The molecule has 0 aromatic carbocycles. The van der Waals surface area contributed by atoms with Gasteiger partial charge >= 0.3 is 5.97 Å². The molecule has 0 spiro atoms. The van der Waals surface area contributed by atoms with E-state index in [2.05, 4.69) is 62.5 Å². The maximum atomic E-state index is 13.6. The minimum atomic E-state index is -4.70. The Morgan fingerprint density at radius 2 is 0.709 bits per heavy atom. The first kappa shape index (κ1) is 84.0. The van der Waals surface area contributed by atoms with Gasteiger partial charge in [0, 0.05) is 12.8 Å². The largest absolute Gasteiger partial charge is 0.756 e. The predicted molar refractivity (Wildman–Crippen MR) is 372 cm³/mol. The van der Waals surface area contributed by atoms with E-state index in [0.717, 1.165) is 70.6 Å². The molecule has 0 fully saturated rings. The molecule has 0 saturated heterocycles. The van der Waals surface area contributed by atoms with Crippen LogP contribution in [-0.2, 0) is 27.9 Å². The standard InChI is InChI=1S/C76H145N2O7P/c1-7-10-13-16-19-22-25-28-30-32-34-36-38-39-41-42-44-46-48-50-53-56-59-62-65-68-75(79)77-73(72-84-86(81,82)83-71-70-78(4,5)6)74(67-64-61-58-55-52-27-24-21-18-15-12-9-3)85-76(80)69-66-63-60-57-54-51-49-47-45-43-40-37-35-33-31-29-26-23-20-17-14-11-8-2/h20,23,29,31,35,37,64,67,73-74H,7-19,21-22,24-28,30,32-34,36,38-63,65-66,68-72H2,1-6H3,(H-,77,79,81,82)/b23-20-,31-29-,37-35-,67-64+. The number of quaternary nitrogens is 1. The van der Waals surface area contributed by atoms with E-state index < -0.39 is 20.0 Å². The average molecular weight is 1230 g/mol. The van der Waals surface area contributed by atoms with Crippen LogP contribution < -0.4 is 10.2 Å². The van der Waals surface area contributed by atoms with E-state index in [-0.39, 0.29) is 31.5 Å². The van der Waals surface area contributed by atoms with Crippen LogP contribution in [0.2, 0.25) is 0 Å². The van der Waals surface area contributed by atoms with Gasteiger partial charge in [0.2, 0.25) is 5.91 Å². The fourth-order valence-corrected chi connectivity index (χ4v) is 12.0. The fraction of sp³-hybridized carbons (Fsp3) is 0.868. The molecule has 0 aliphatic rings. The molecular formula is C76H145N2O7P. The van der Waals surface area contributed by atoms with Crippen LogP contribution in [0.4, 0.5) is 0 Å². The normalized spacial score (nSPS) is 13.7. The van der Waals surface area contributed by atoms with Crippen molar-refractivity contribution in [2.75, 3.05) is 40.9 Å². The molecule has 0 aromatic heterocycles. The Morgan fingerprint density at radius 1 is 0.407 bits per heavy atom. The van der Waals surface area contributed by atoms with Crippen LogP contribution in [-0.4, -0.2) is 69.4 Å². The zero-order valence-electron chi connectivity index (χ0n) is 58.0. The number of nitrogens with one attached hydrogen (secondary N) is 1. The minimum absolute atomic E-state index is 0.0210. The number of carbonyl (C=O) groups is 2. The van der Waals surface area contributed by atoms with E-state index in [1.54, 1.807) is 0 Å². The number of hydrogen-bond acceptors (Lipinski definition) is 7. The molecule has 3 atom stereocenters. The van der Waals surface area contributed by atoms with Crippen LogP contribution in [0.3, 0.4) is 0 Å². The summed E-state index contributed by atoms with van der Waals surface area (Å²) in [6.45, 7) is 6.88. The Hall–Kier alpha value is -2.03. The van der Waals surface area contributed by atoms with Crippen LogP contribution >= 0.6 is 7.82 Å². The number of esters is 1. The topological polar surface area (TPSA) is 114 Å². The number of carbonyl (C=O) groups excluding carboxylic acids is 2. The maximum absolute atomic E-state index is 13.6. The number of likely N-dealkylation sites (N-methyl/N-ethyl adjacent to an activating group) is 1. The quantitative estimate of drug-likeness (QED) is 0.0212. The number of unbranched alkanes of at least 4 members (excludes halogenated alkanes) is 47. The summed E-state index contributed by atoms with van der Waals surface area (Å²) in [6, 6.07) is -0.889. The van der Waals surface area contributed by atoms with Crippen molar-refractivity contribution < 1.29 is 37.3 Å². The summed E-state index contributed by atoms with van der Waals surface area (Å²) >= 11 is 0. The van der Waals surface area contributed by atoms with Gasteiger partial charge in [-0.05, 0) is 70.3 Å². The number of nitrogens with zero attached hydrogens (tertiary/aromatic N) is 1. The Kier molecular flexibility index (Phi) is 64.4. The molecule has 0 rings (SSSR count). The molecular weight excluding hydrogens is 1080 g/mol. The van der Waals surface area contributed by atoms with E-state index in [1.807, 2.05) is 33.3 Å². The fourth-order valence-electron chi connectivity index (χ4n) is 11.2. The number of amides is 1. The summed E-state index contributed by atoms with van der Waals surface area (Å²) in [6.07, 6.45) is 83.9. The van der Waals surface area contributed by atoms with Crippen LogP contribution in [0, 0.1) is 0 Å². The van der Waals surface area contributed by atoms with Gasteiger partial charge in [-0.1, -0.05) is 339 Å². The summed E-state index contributed by atoms with van der Waals surface area (Å²) in [5.74, 6) is -0.526. The highest BCUT2D eigenvalue weighted by Gasteiger charge is 2.27. The van der Waals surface area contributed by atoms with E-state index >= 15 is 0 Å². The number of ether oxygens (including phenoxy) is 1. The summed E-state index contributed by atoms with van der Waals surface area (Å²) in [7, 11) is 1.20. The molecule has 506 valence electrons. The van der Waals surface area contributed by atoms with Crippen molar-refractivity contribution in [3.05, 3.63) is 48.6 Å². The number of allylic oxidation sites excluding steroid dienone is 7. The van der Waals surface area contributed by atoms with Gasteiger partial charge in [-0.3, -0.25) is 14.2 Å². The van der Waals surface area contributed by atoms with Crippen LogP contribution in [0.25, 0.3) is 0 Å². The van der Waals surface area contributed by atoms with Crippen molar-refractivity contribution in [2.45, 2.75) is 386 Å². The minimum Gasteiger partial charge on any atom is -0.756 e. The van der Waals surface area contributed by atoms with Crippen molar-refractivity contribution in [3.8, 4) is 0 Å². The molecule has 0 bridgehead atoms. The predicted octanol–water partition coefficient (Wildman–Crippen LogP) is 23.3. The number of phosphoric acid groups is 1. The van der Waals surface area contributed by atoms with Gasteiger partial charge < -0.3 is 28.5 Å². The third-order valence-corrected chi connectivity index (χ3v) is 18.0. The van der Waals surface area contributed by atoms with Crippen molar-refractivity contribution in [1.82, 2.24) is 5.32 Å². The summed E-state index contributed by atoms with van der Waals surface area (Å²) in [5.41, 5.74) is 0.